The zero-order valence-corrected chi connectivity index (χ0v) is 16.6. The van der Waals surface area contributed by atoms with Gasteiger partial charge >= 0.3 is 0 Å². The second kappa shape index (κ2) is 8.14. The number of nitro groups is 1. The van der Waals surface area contributed by atoms with Crippen molar-refractivity contribution in [2.24, 2.45) is 0 Å². The Hall–Kier alpha value is -3.03. The number of non-ortho nitro benzene ring substituents is 1. The van der Waals surface area contributed by atoms with Crippen LogP contribution in [0.25, 0.3) is 0 Å². The minimum atomic E-state index is -0.437. The summed E-state index contributed by atoms with van der Waals surface area (Å²) in [5.41, 5.74) is 1.61. The van der Waals surface area contributed by atoms with Crippen LogP contribution in [0.1, 0.15) is 10.9 Å². The number of ether oxygens (including phenoxy) is 1. The number of thioether (sulfide) groups is 1. The number of hydrogen-bond acceptors (Lipinski definition) is 5. The van der Waals surface area contributed by atoms with Crippen molar-refractivity contribution < 1.29 is 14.5 Å². The summed E-state index contributed by atoms with van der Waals surface area (Å²) in [4.78, 5) is 24.6. The Bertz CT molecular complexity index is 1040. The van der Waals surface area contributed by atoms with E-state index in [1.165, 1.54) is 23.9 Å². The molecule has 0 unspecified atom stereocenters. The summed E-state index contributed by atoms with van der Waals surface area (Å²) >= 11 is 7.37. The second-order valence-electron chi connectivity index (χ2n) is 6.33. The lowest BCUT2D eigenvalue weighted by Crippen LogP contribution is -2.27. The summed E-state index contributed by atoms with van der Waals surface area (Å²) in [6.07, 6.45) is 0. The smallest absolute Gasteiger partial charge is 0.269 e. The van der Waals surface area contributed by atoms with E-state index in [0.717, 1.165) is 11.3 Å². The molecule has 0 aromatic heterocycles. The molecule has 8 heteroatoms. The summed E-state index contributed by atoms with van der Waals surface area (Å²) in [6.45, 7) is 0. The van der Waals surface area contributed by atoms with E-state index in [2.05, 4.69) is 0 Å². The van der Waals surface area contributed by atoms with Crippen LogP contribution >= 0.6 is 23.4 Å². The first-order valence-electron chi connectivity index (χ1n) is 8.73. The highest BCUT2D eigenvalue weighted by atomic mass is 35.5. The Morgan fingerprint density at radius 3 is 2.14 bits per heavy atom. The van der Waals surface area contributed by atoms with E-state index >= 15 is 0 Å². The molecule has 1 atom stereocenters. The largest absolute Gasteiger partial charge is 0.457 e. The van der Waals surface area contributed by atoms with Crippen LogP contribution in [0.3, 0.4) is 0 Å². The van der Waals surface area contributed by atoms with E-state index < -0.39 is 4.92 Å². The highest BCUT2D eigenvalue weighted by Crippen LogP contribution is 2.42. The van der Waals surface area contributed by atoms with Gasteiger partial charge in [-0.25, -0.2) is 0 Å². The number of nitrogens with zero attached hydrogens (tertiary/aromatic N) is 2. The average molecular weight is 427 g/mol. The number of benzene rings is 3. The van der Waals surface area contributed by atoms with Gasteiger partial charge in [-0.3, -0.25) is 19.8 Å². The maximum Gasteiger partial charge on any atom is 0.269 e. The minimum absolute atomic E-state index is 0.00952. The van der Waals surface area contributed by atoms with Crippen LogP contribution in [-0.4, -0.2) is 16.6 Å². The van der Waals surface area contributed by atoms with E-state index in [1.54, 1.807) is 53.4 Å². The van der Waals surface area contributed by atoms with E-state index in [4.69, 9.17) is 16.3 Å². The molecule has 4 rings (SSSR count). The predicted molar refractivity (Wildman–Crippen MR) is 114 cm³/mol. The molecule has 0 radical (unpaired) electrons. The lowest BCUT2D eigenvalue weighted by atomic mass is 10.1. The molecule has 3 aromatic carbocycles. The Balaban J connectivity index is 1.54. The number of halogens is 1. The van der Waals surface area contributed by atoms with E-state index in [0.29, 0.717) is 22.3 Å². The molecule has 1 aliphatic rings. The molecule has 0 aliphatic carbocycles. The Morgan fingerprint density at radius 1 is 0.966 bits per heavy atom. The van der Waals surface area contributed by atoms with Crippen molar-refractivity contribution in [2.75, 3.05) is 10.7 Å². The standard InChI is InChI=1S/C21H15ClN2O4S/c22-15-3-9-18(10-4-15)28-19-11-7-16(8-12-19)23-20(25)13-29-21(23)14-1-5-17(6-2-14)24(26)27/h1-12,21H,13H2/t21-/m1/s1. The highest BCUT2D eigenvalue weighted by Gasteiger charge is 2.34. The van der Waals surface area contributed by atoms with Gasteiger partial charge in [-0.05, 0) is 66.2 Å². The topological polar surface area (TPSA) is 72.7 Å². The van der Waals surface area contributed by atoms with Gasteiger partial charge in [-0.2, -0.15) is 0 Å². The molecule has 6 nitrogen and oxygen atoms in total. The number of carbonyl (C=O) groups is 1. The first-order chi connectivity index (χ1) is 14.0. The lowest BCUT2D eigenvalue weighted by molar-refractivity contribution is -0.384. The molecule has 1 fully saturated rings. The maximum absolute atomic E-state index is 12.5. The third-order valence-electron chi connectivity index (χ3n) is 4.42. The van der Waals surface area contributed by atoms with Crippen LogP contribution in [0, 0.1) is 10.1 Å². The molecule has 29 heavy (non-hydrogen) atoms. The fraction of sp³-hybridized carbons (Fsp3) is 0.0952. The third-order valence-corrected chi connectivity index (χ3v) is 5.89. The number of carbonyl (C=O) groups excluding carboxylic acids is 1. The number of rotatable bonds is 5. The molecule has 1 aliphatic heterocycles. The molecule has 3 aromatic rings. The van der Waals surface area contributed by atoms with Gasteiger partial charge in [0.25, 0.3) is 5.69 Å². The Kier molecular flexibility index (Phi) is 5.42. The van der Waals surface area contributed by atoms with Gasteiger partial charge in [0.05, 0.1) is 10.7 Å². The summed E-state index contributed by atoms with van der Waals surface area (Å²) < 4.78 is 5.79. The normalized spacial score (nSPS) is 16.1. The van der Waals surface area contributed by atoms with Gasteiger partial charge in [0, 0.05) is 22.8 Å². The number of nitro benzene ring substituents is 1. The summed E-state index contributed by atoms with van der Waals surface area (Å²) in [5, 5.41) is 11.3. The van der Waals surface area contributed by atoms with Gasteiger partial charge in [-0.1, -0.05) is 11.6 Å². The van der Waals surface area contributed by atoms with E-state index in [9.17, 15) is 14.9 Å². The second-order valence-corrected chi connectivity index (χ2v) is 7.83. The quantitative estimate of drug-likeness (QED) is 0.379. The molecule has 0 bridgehead atoms. The van der Waals surface area contributed by atoms with E-state index in [1.807, 2.05) is 12.1 Å². The summed E-state index contributed by atoms with van der Waals surface area (Å²) in [5.74, 6) is 1.65. The molecule has 1 heterocycles. The van der Waals surface area contributed by atoms with Crippen LogP contribution in [0.5, 0.6) is 11.5 Å². The lowest BCUT2D eigenvalue weighted by Gasteiger charge is -2.24. The minimum Gasteiger partial charge on any atom is -0.457 e. The summed E-state index contributed by atoms with van der Waals surface area (Å²) in [6, 6.07) is 20.6. The fourth-order valence-electron chi connectivity index (χ4n) is 3.02. The molecule has 1 saturated heterocycles. The van der Waals surface area contributed by atoms with E-state index in [-0.39, 0.29) is 17.0 Å². The fourth-order valence-corrected chi connectivity index (χ4v) is 4.33. The van der Waals surface area contributed by atoms with Crippen LogP contribution in [0.15, 0.2) is 72.8 Å². The van der Waals surface area contributed by atoms with Crippen LogP contribution in [-0.2, 0) is 4.79 Å². The molecule has 0 saturated carbocycles. The average Bonchev–Trinajstić information content (AvgIpc) is 3.12. The van der Waals surface area contributed by atoms with Crippen molar-refractivity contribution in [1.29, 1.82) is 0 Å². The molecule has 146 valence electrons. The SMILES string of the molecule is O=C1CS[C@H](c2ccc([N+](=O)[O-])cc2)N1c1ccc(Oc2ccc(Cl)cc2)cc1. The Labute approximate surface area is 176 Å². The number of hydrogen-bond donors (Lipinski definition) is 0. The zero-order chi connectivity index (χ0) is 20.4. The van der Waals surface area contributed by atoms with Crippen molar-refractivity contribution in [3.8, 4) is 11.5 Å². The zero-order valence-electron chi connectivity index (χ0n) is 15.0. The first-order valence-corrected chi connectivity index (χ1v) is 10.2. The van der Waals surface area contributed by atoms with Crippen molar-refractivity contribution in [3.05, 3.63) is 93.5 Å². The van der Waals surface area contributed by atoms with Gasteiger partial charge < -0.3 is 4.74 Å². The number of anilines is 1. The predicted octanol–water partition coefficient (Wildman–Crippen LogP) is 5.82. The van der Waals surface area contributed by atoms with Crippen molar-refractivity contribution in [3.63, 3.8) is 0 Å². The van der Waals surface area contributed by atoms with Crippen molar-refractivity contribution in [1.82, 2.24) is 0 Å². The van der Waals surface area contributed by atoms with Crippen molar-refractivity contribution in [2.45, 2.75) is 5.37 Å². The van der Waals surface area contributed by atoms with Gasteiger partial charge in [0.15, 0.2) is 0 Å². The van der Waals surface area contributed by atoms with Gasteiger partial charge in [0.2, 0.25) is 5.91 Å². The third kappa shape index (κ3) is 4.21. The maximum atomic E-state index is 12.5. The van der Waals surface area contributed by atoms with Crippen molar-refractivity contribution >= 4 is 40.6 Å². The van der Waals surface area contributed by atoms with Gasteiger partial charge in [0.1, 0.15) is 16.9 Å². The molecule has 0 spiro atoms. The monoisotopic (exact) mass is 426 g/mol. The molecule has 0 N–H and O–H groups in total. The van der Waals surface area contributed by atoms with Crippen LogP contribution < -0.4 is 9.64 Å². The molecular weight excluding hydrogens is 412 g/mol. The summed E-state index contributed by atoms with van der Waals surface area (Å²) in [7, 11) is 0. The number of amides is 1. The molecule has 1 amide bonds. The highest BCUT2D eigenvalue weighted by molar-refractivity contribution is 8.00. The van der Waals surface area contributed by atoms with Gasteiger partial charge in [-0.15, -0.1) is 11.8 Å². The Morgan fingerprint density at radius 2 is 1.55 bits per heavy atom. The van der Waals surface area contributed by atoms with Crippen LogP contribution in [0.4, 0.5) is 11.4 Å². The first kappa shape index (κ1) is 19.3. The van der Waals surface area contributed by atoms with Crippen LogP contribution in [0.2, 0.25) is 5.02 Å². The molecular formula is C21H15ClN2O4S.